The minimum Gasteiger partial charge on any atom is -0.207 e. The first-order chi connectivity index (χ1) is 7.95. The minimum absolute atomic E-state index is 0.0225. The topological polar surface area (TPSA) is 0 Å². The maximum atomic E-state index is 13.8. The predicted molar refractivity (Wildman–Crippen MR) is 80.0 cm³/mol. The van der Waals surface area contributed by atoms with Crippen molar-refractivity contribution in [2.24, 2.45) is 11.3 Å². The van der Waals surface area contributed by atoms with Crippen molar-refractivity contribution in [3.8, 4) is 0 Å². The second-order valence-electron chi connectivity index (χ2n) is 4.70. The molecule has 1 rings (SSSR count). The molecule has 17 heavy (non-hydrogen) atoms. The molecule has 0 amide bonds. The van der Waals surface area contributed by atoms with E-state index >= 15 is 0 Å². The summed E-state index contributed by atoms with van der Waals surface area (Å²) in [4.78, 5) is 0. The van der Waals surface area contributed by atoms with Crippen molar-refractivity contribution in [3.63, 3.8) is 0 Å². The van der Waals surface area contributed by atoms with Crippen molar-refractivity contribution in [1.82, 2.24) is 0 Å². The SMILES string of the molecule is CC(C)C(CBr)(CBr)Cc1ccc(Cl)cc1F. The van der Waals surface area contributed by atoms with E-state index in [0.717, 1.165) is 16.2 Å². The van der Waals surface area contributed by atoms with Crippen molar-refractivity contribution in [2.75, 3.05) is 10.7 Å². The summed E-state index contributed by atoms with van der Waals surface area (Å²) in [6.45, 7) is 4.33. The van der Waals surface area contributed by atoms with Gasteiger partial charge >= 0.3 is 0 Å². The largest absolute Gasteiger partial charge is 0.207 e. The van der Waals surface area contributed by atoms with Gasteiger partial charge in [0, 0.05) is 15.7 Å². The Balaban J connectivity index is 3.01. The summed E-state index contributed by atoms with van der Waals surface area (Å²) in [6.07, 6.45) is 0.699. The molecule has 0 N–H and O–H groups in total. The standard InChI is InChI=1S/C13H16Br2ClF/c1-9(2)13(7-14,8-15)6-10-3-4-11(16)5-12(10)17/h3-5,9H,6-8H2,1-2H3. The smallest absolute Gasteiger partial charge is 0.127 e. The number of benzene rings is 1. The first-order valence-electron chi connectivity index (χ1n) is 5.51. The minimum atomic E-state index is -0.218. The zero-order chi connectivity index (χ0) is 13.1. The Kier molecular flexibility index (Phi) is 5.94. The average molecular weight is 387 g/mol. The van der Waals surface area contributed by atoms with Gasteiger partial charge in [-0.3, -0.25) is 0 Å². The molecule has 96 valence electrons. The maximum Gasteiger partial charge on any atom is 0.127 e. The third-order valence-corrected chi connectivity index (χ3v) is 5.78. The van der Waals surface area contributed by atoms with Crippen LogP contribution in [0.25, 0.3) is 0 Å². The van der Waals surface area contributed by atoms with Gasteiger partial charge in [0.1, 0.15) is 5.82 Å². The van der Waals surface area contributed by atoms with Crippen LogP contribution in [0, 0.1) is 17.2 Å². The third kappa shape index (κ3) is 3.68. The van der Waals surface area contributed by atoms with Gasteiger partial charge < -0.3 is 0 Å². The summed E-state index contributed by atoms with van der Waals surface area (Å²) in [5.41, 5.74) is 0.747. The van der Waals surface area contributed by atoms with Crippen LogP contribution in [0.4, 0.5) is 4.39 Å². The molecule has 0 unspecified atom stereocenters. The Labute approximate surface area is 124 Å². The molecule has 0 aliphatic heterocycles. The molecule has 0 aliphatic rings. The van der Waals surface area contributed by atoms with Crippen molar-refractivity contribution in [2.45, 2.75) is 20.3 Å². The number of hydrogen-bond acceptors (Lipinski definition) is 0. The molecule has 0 radical (unpaired) electrons. The molecule has 0 fully saturated rings. The van der Waals surface area contributed by atoms with Crippen molar-refractivity contribution in [1.29, 1.82) is 0 Å². The van der Waals surface area contributed by atoms with E-state index in [9.17, 15) is 4.39 Å². The summed E-state index contributed by atoms with van der Waals surface area (Å²) in [7, 11) is 0. The van der Waals surface area contributed by atoms with Gasteiger partial charge in [-0.2, -0.15) is 0 Å². The molecule has 0 saturated carbocycles. The van der Waals surface area contributed by atoms with Gasteiger partial charge in [0.25, 0.3) is 0 Å². The molecule has 0 nitrogen and oxygen atoms in total. The molecule has 1 aromatic carbocycles. The monoisotopic (exact) mass is 384 g/mol. The third-order valence-electron chi connectivity index (χ3n) is 3.31. The number of halogens is 4. The normalized spacial score (nSPS) is 12.2. The lowest BCUT2D eigenvalue weighted by molar-refractivity contribution is 0.265. The van der Waals surface area contributed by atoms with Crippen LogP contribution >= 0.6 is 43.5 Å². The van der Waals surface area contributed by atoms with E-state index in [4.69, 9.17) is 11.6 Å². The number of rotatable bonds is 5. The fraction of sp³-hybridized carbons (Fsp3) is 0.538. The molecule has 1 aromatic rings. The Morgan fingerprint density at radius 3 is 2.29 bits per heavy atom. The molecule has 0 spiro atoms. The Bertz CT molecular complexity index is 376. The quantitative estimate of drug-likeness (QED) is 0.590. The zero-order valence-corrected chi connectivity index (χ0v) is 13.9. The molecule has 0 saturated heterocycles. The van der Waals surface area contributed by atoms with E-state index in [1.165, 1.54) is 6.07 Å². The maximum absolute atomic E-state index is 13.8. The van der Waals surface area contributed by atoms with E-state index < -0.39 is 0 Å². The molecule has 4 heteroatoms. The molecule has 0 aromatic heterocycles. The second kappa shape index (κ2) is 6.53. The molecule has 0 atom stereocenters. The number of hydrogen-bond donors (Lipinski definition) is 0. The van der Waals surface area contributed by atoms with E-state index in [1.807, 2.05) is 0 Å². The first-order valence-corrected chi connectivity index (χ1v) is 8.13. The summed E-state index contributed by atoms with van der Waals surface area (Å²) < 4.78 is 13.8. The van der Waals surface area contributed by atoms with E-state index in [-0.39, 0.29) is 11.2 Å². The van der Waals surface area contributed by atoms with Crippen molar-refractivity contribution >= 4 is 43.5 Å². The fourth-order valence-corrected chi connectivity index (χ4v) is 4.47. The van der Waals surface area contributed by atoms with Gasteiger partial charge in [0.15, 0.2) is 0 Å². The van der Waals surface area contributed by atoms with Crippen LogP contribution in [-0.4, -0.2) is 10.7 Å². The van der Waals surface area contributed by atoms with Crippen LogP contribution in [0.3, 0.4) is 0 Å². The summed E-state index contributed by atoms with van der Waals surface area (Å²) in [5.74, 6) is 0.237. The lowest BCUT2D eigenvalue weighted by atomic mass is 9.76. The van der Waals surface area contributed by atoms with Crippen LogP contribution in [0.15, 0.2) is 18.2 Å². The van der Waals surface area contributed by atoms with Gasteiger partial charge in [0.05, 0.1) is 0 Å². The van der Waals surface area contributed by atoms with Crippen LogP contribution in [-0.2, 0) is 6.42 Å². The number of alkyl halides is 2. The van der Waals surface area contributed by atoms with Crippen LogP contribution in [0.1, 0.15) is 19.4 Å². The Morgan fingerprint density at radius 1 is 1.29 bits per heavy atom. The van der Waals surface area contributed by atoms with Gasteiger partial charge in [-0.05, 0) is 35.4 Å². The molecule has 0 bridgehead atoms. The highest BCUT2D eigenvalue weighted by Crippen LogP contribution is 2.36. The van der Waals surface area contributed by atoms with Gasteiger partial charge in [-0.15, -0.1) is 0 Å². The fourth-order valence-electron chi connectivity index (χ4n) is 1.69. The second-order valence-corrected chi connectivity index (χ2v) is 6.25. The summed E-state index contributed by atoms with van der Waals surface area (Å²) >= 11 is 12.9. The highest BCUT2D eigenvalue weighted by molar-refractivity contribution is 9.09. The van der Waals surface area contributed by atoms with Crippen LogP contribution < -0.4 is 0 Å². The van der Waals surface area contributed by atoms with Crippen molar-refractivity contribution in [3.05, 3.63) is 34.6 Å². The highest BCUT2D eigenvalue weighted by Gasteiger charge is 2.32. The summed E-state index contributed by atoms with van der Waals surface area (Å²) in [5, 5.41) is 2.12. The average Bonchev–Trinajstić information content (AvgIpc) is 2.28. The lowest BCUT2D eigenvalue weighted by Crippen LogP contribution is -2.34. The van der Waals surface area contributed by atoms with Crippen LogP contribution in [0.5, 0.6) is 0 Å². The molecule has 0 heterocycles. The van der Waals surface area contributed by atoms with Crippen LogP contribution in [0.2, 0.25) is 5.02 Å². The Morgan fingerprint density at radius 2 is 1.88 bits per heavy atom. The highest BCUT2D eigenvalue weighted by atomic mass is 79.9. The molecular weight excluding hydrogens is 370 g/mol. The Hall–Kier alpha value is 0.400. The zero-order valence-electron chi connectivity index (χ0n) is 9.94. The van der Waals surface area contributed by atoms with E-state index in [1.54, 1.807) is 12.1 Å². The van der Waals surface area contributed by atoms with Gasteiger partial charge in [0.2, 0.25) is 0 Å². The summed E-state index contributed by atoms with van der Waals surface area (Å²) in [6, 6.07) is 4.90. The van der Waals surface area contributed by atoms with Gasteiger partial charge in [-0.25, -0.2) is 4.39 Å². The van der Waals surface area contributed by atoms with Crippen molar-refractivity contribution < 1.29 is 4.39 Å². The lowest BCUT2D eigenvalue weighted by Gasteiger charge is -2.34. The molecular formula is C13H16Br2ClF. The van der Waals surface area contributed by atoms with E-state index in [2.05, 4.69) is 45.7 Å². The van der Waals surface area contributed by atoms with Gasteiger partial charge in [-0.1, -0.05) is 63.4 Å². The molecule has 0 aliphatic carbocycles. The van der Waals surface area contributed by atoms with E-state index in [0.29, 0.717) is 17.4 Å². The predicted octanol–water partition coefficient (Wildman–Crippen LogP) is 5.45. The first kappa shape index (κ1) is 15.5.